The molecule has 0 fully saturated rings. The van der Waals surface area contributed by atoms with Gasteiger partial charge in [-0.25, -0.2) is 14.2 Å². The van der Waals surface area contributed by atoms with E-state index in [0.717, 1.165) is 12.1 Å². The molecule has 1 aliphatic heterocycles. The van der Waals surface area contributed by atoms with Gasteiger partial charge in [0.05, 0.1) is 5.56 Å². The van der Waals surface area contributed by atoms with E-state index in [0.29, 0.717) is 11.1 Å². The number of phenolic OH excluding ortho intramolecular Hbond substituents is 1. The van der Waals surface area contributed by atoms with Crippen molar-refractivity contribution in [3.63, 3.8) is 0 Å². The highest BCUT2D eigenvalue weighted by Crippen LogP contribution is 2.37. The lowest BCUT2D eigenvalue weighted by molar-refractivity contribution is 0.0698. The second kappa shape index (κ2) is 5.66. The van der Waals surface area contributed by atoms with Crippen LogP contribution < -0.4 is 5.43 Å². The molecule has 0 saturated carbocycles. The van der Waals surface area contributed by atoms with Gasteiger partial charge in [0.1, 0.15) is 22.6 Å². The lowest BCUT2D eigenvalue weighted by Crippen LogP contribution is -2.16. The summed E-state index contributed by atoms with van der Waals surface area (Å²) in [6.45, 7) is 0. The van der Waals surface area contributed by atoms with Crippen molar-refractivity contribution >= 4 is 17.1 Å². The van der Waals surface area contributed by atoms with Gasteiger partial charge in [-0.15, -0.1) is 0 Å². The molecular formula is C19H10FNO5. The number of hydrogen-bond acceptors (Lipinski definition) is 5. The molecule has 0 bridgehead atoms. The average Bonchev–Trinajstić information content (AvgIpc) is 2.64. The van der Waals surface area contributed by atoms with Crippen LogP contribution in [-0.4, -0.2) is 21.2 Å². The minimum absolute atomic E-state index is 0.154. The number of halogens is 1. The van der Waals surface area contributed by atoms with Gasteiger partial charge in [0.25, 0.3) is 0 Å². The minimum atomic E-state index is -1.41. The molecule has 0 unspecified atom stereocenters. The molecule has 0 radical (unpaired) electrons. The Morgan fingerprint density at radius 3 is 2.46 bits per heavy atom. The average molecular weight is 351 g/mol. The number of para-hydroxylation sites is 2. The molecule has 0 spiro atoms. The van der Waals surface area contributed by atoms with Gasteiger partial charge in [-0.2, -0.15) is 0 Å². The van der Waals surface area contributed by atoms with Crippen LogP contribution in [0.2, 0.25) is 0 Å². The van der Waals surface area contributed by atoms with Crippen LogP contribution in [0.15, 0.2) is 57.7 Å². The first-order valence-corrected chi connectivity index (χ1v) is 7.55. The number of aromatic carboxylic acids is 1. The third-order valence-electron chi connectivity index (χ3n) is 4.02. The van der Waals surface area contributed by atoms with E-state index in [1.54, 1.807) is 24.3 Å². The Balaban J connectivity index is 2.20. The first kappa shape index (κ1) is 15.8. The summed E-state index contributed by atoms with van der Waals surface area (Å²) in [7, 11) is 0. The van der Waals surface area contributed by atoms with E-state index in [4.69, 9.17) is 4.42 Å². The van der Waals surface area contributed by atoms with Crippen LogP contribution in [0, 0.1) is 5.82 Å². The van der Waals surface area contributed by atoms with Gasteiger partial charge in [0.15, 0.2) is 11.3 Å². The number of fused-ring (bicyclic) bond motifs is 2. The van der Waals surface area contributed by atoms with Gasteiger partial charge in [-0.3, -0.25) is 4.79 Å². The Labute approximate surface area is 145 Å². The standard InChI is InChI=1S/C19H10FNO5/c20-10-7-5-9(6-8-10)13-14(19(24)25)15-18(17(23)16(13)22)26-12-4-2-1-3-11(12)21-15/h1-8,23H,(H,24,25). The lowest BCUT2D eigenvalue weighted by Gasteiger charge is -2.14. The van der Waals surface area contributed by atoms with E-state index in [-0.39, 0.29) is 22.6 Å². The number of carbonyl (C=O) groups is 1. The molecule has 2 aromatic rings. The number of benzene rings is 3. The summed E-state index contributed by atoms with van der Waals surface area (Å²) in [5.41, 5.74) is -0.966. The van der Waals surface area contributed by atoms with Crippen LogP contribution in [0.3, 0.4) is 0 Å². The van der Waals surface area contributed by atoms with Gasteiger partial charge in [-0.05, 0) is 29.8 Å². The molecule has 0 amide bonds. The molecule has 6 nitrogen and oxygen atoms in total. The zero-order valence-electron chi connectivity index (χ0n) is 13.1. The number of aromatic nitrogens is 1. The number of rotatable bonds is 2. The highest BCUT2D eigenvalue weighted by molar-refractivity contribution is 6.03. The minimum Gasteiger partial charge on any atom is -0.501 e. The lowest BCUT2D eigenvalue weighted by atomic mass is 9.94. The first-order valence-electron chi connectivity index (χ1n) is 7.55. The Morgan fingerprint density at radius 2 is 1.77 bits per heavy atom. The fraction of sp³-hybridized carbons (Fsp3) is 0. The van der Waals surface area contributed by atoms with E-state index < -0.39 is 28.5 Å². The summed E-state index contributed by atoms with van der Waals surface area (Å²) in [5.74, 6) is -3.01. The third kappa shape index (κ3) is 2.29. The SMILES string of the molecule is O=C(O)c1c2nc3ccccc3oc-2c(O)c(=O)c1-c1ccc(F)cc1. The summed E-state index contributed by atoms with van der Waals surface area (Å²) >= 11 is 0. The summed E-state index contributed by atoms with van der Waals surface area (Å²) in [4.78, 5) is 28.8. The van der Waals surface area contributed by atoms with Crippen molar-refractivity contribution in [1.82, 2.24) is 4.98 Å². The highest BCUT2D eigenvalue weighted by Gasteiger charge is 2.30. The van der Waals surface area contributed by atoms with E-state index in [1.165, 1.54) is 12.1 Å². The first-order chi connectivity index (χ1) is 12.5. The van der Waals surface area contributed by atoms with Crippen molar-refractivity contribution in [2.45, 2.75) is 0 Å². The van der Waals surface area contributed by atoms with Crippen molar-refractivity contribution in [2.24, 2.45) is 0 Å². The number of phenols is 1. The van der Waals surface area contributed by atoms with Crippen molar-refractivity contribution in [2.75, 3.05) is 0 Å². The van der Waals surface area contributed by atoms with Crippen molar-refractivity contribution in [1.29, 1.82) is 0 Å². The fourth-order valence-corrected chi connectivity index (χ4v) is 2.85. The number of hydrogen-bond donors (Lipinski definition) is 2. The topological polar surface area (TPSA) is 101 Å². The van der Waals surface area contributed by atoms with Gasteiger partial charge >= 0.3 is 5.97 Å². The van der Waals surface area contributed by atoms with E-state index in [1.807, 2.05) is 0 Å². The Bertz CT molecular complexity index is 1200. The monoisotopic (exact) mass is 351 g/mol. The summed E-state index contributed by atoms with van der Waals surface area (Å²) in [5, 5.41) is 20.0. The number of carboxylic acid groups (broad SMARTS) is 1. The van der Waals surface area contributed by atoms with Crippen LogP contribution in [0.4, 0.5) is 4.39 Å². The van der Waals surface area contributed by atoms with Gasteiger partial charge in [0, 0.05) is 0 Å². The molecule has 1 heterocycles. The maximum absolute atomic E-state index is 13.2. The van der Waals surface area contributed by atoms with Crippen LogP contribution in [0.5, 0.6) is 5.75 Å². The van der Waals surface area contributed by atoms with E-state index in [2.05, 4.69) is 4.98 Å². The molecule has 0 saturated heterocycles. The molecular weight excluding hydrogens is 341 g/mol. The summed E-state index contributed by atoms with van der Waals surface area (Å²) in [6, 6.07) is 11.3. The Kier molecular flexibility index (Phi) is 3.43. The van der Waals surface area contributed by atoms with Crippen LogP contribution in [0.25, 0.3) is 33.7 Å². The maximum Gasteiger partial charge on any atom is 0.338 e. The summed E-state index contributed by atoms with van der Waals surface area (Å²) < 4.78 is 18.7. The fourth-order valence-electron chi connectivity index (χ4n) is 2.85. The van der Waals surface area contributed by atoms with Gasteiger partial charge < -0.3 is 14.6 Å². The number of carboxylic acids is 1. The molecule has 4 rings (SSSR count). The van der Waals surface area contributed by atoms with Crippen molar-refractivity contribution in [3.05, 3.63) is 70.1 Å². The van der Waals surface area contributed by atoms with Gasteiger partial charge in [-0.1, -0.05) is 24.3 Å². The Morgan fingerprint density at radius 1 is 1.08 bits per heavy atom. The molecule has 7 heteroatoms. The molecule has 2 aromatic carbocycles. The van der Waals surface area contributed by atoms with Gasteiger partial charge in [0.2, 0.25) is 11.2 Å². The van der Waals surface area contributed by atoms with E-state index >= 15 is 0 Å². The van der Waals surface area contributed by atoms with E-state index in [9.17, 15) is 24.2 Å². The van der Waals surface area contributed by atoms with Crippen LogP contribution in [0.1, 0.15) is 10.4 Å². The molecule has 26 heavy (non-hydrogen) atoms. The second-order valence-electron chi connectivity index (χ2n) is 5.60. The van der Waals surface area contributed by atoms with Crippen LogP contribution in [-0.2, 0) is 0 Å². The zero-order valence-corrected chi connectivity index (χ0v) is 13.1. The molecule has 2 aliphatic rings. The maximum atomic E-state index is 13.2. The zero-order chi connectivity index (χ0) is 18.4. The largest absolute Gasteiger partial charge is 0.501 e. The normalized spacial score (nSPS) is 11.1. The van der Waals surface area contributed by atoms with Crippen molar-refractivity contribution in [3.8, 4) is 28.3 Å². The smallest absolute Gasteiger partial charge is 0.338 e. The number of aromatic hydroxyl groups is 1. The third-order valence-corrected chi connectivity index (χ3v) is 4.02. The quantitative estimate of drug-likeness (QED) is 0.536. The summed E-state index contributed by atoms with van der Waals surface area (Å²) in [6.07, 6.45) is 0. The second-order valence-corrected chi connectivity index (χ2v) is 5.60. The molecule has 2 N–H and O–H groups in total. The molecule has 128 valence electrons. The predicted molar refractivity (Wildman–Crippen MR) is 90.9 cm³/mol. The molecule has 0 atom stereocenters. The number of nitrogens with zero attached hydrogens (tertiary/aromatic N) is 1. The molecule has 0 aromatic heterocycles. The van der Waals surface area contributed by atoms with Crippen molar-refractivity contribution < 1.29 is 23.8 Å². The Hall–Kier alpha value is -3.74. The predicted octanol–water partition coefficient (Wildman–Crippen LogP) is 3.50. The molecule has 1 aliphatic carbocycles. The van der Waals surface area contributed by atoms with Crippen LogP contribution >= 0.6 is 0 Å². The highest BCUT2D eigenvalue weighted by atomic mass is 19.1.